The monoisotopic (exact) mass is 411 g/mol. The van der Waals surface area contributed by atoms with E-state index < -0.39 is 5.97 Å². The number of esters is 1. The van der Waals surface area contributed by atoms with Crippen molar-refractivity contribution >= 4 is 17.8 Å². The highest BCUT2D eigenvalue weighted by atomic mass is 16.5. The fourth-order valence-electron chi connectivity index (χ4n) is 3.27. The Morgan fingerprint density at radius 3 is 2.20 bits per heavy atom. The lowest BCUT2D eigenvalue weighted by Crippen LogP contribution is -2.39. The van der Waals surface area contributed by atoms with E-state index in [-0.39, 0.29) is 36.7 Å². The molecule has 160 valence electrons. The van der Waals surface area contributed by atoms with E-state index in [0.29, 0.717) is 19.4 Å². The fourth-order valence-corrected chi connectivity index (χ4v) is 3.27. The number of hydrogen-bond donors (Lipinski definition) is 2. The Bertz CT molecular complexity index is 832. The summed E-state index contributed by atoms with van der Waals surface area (Å²) in [6.07, 6.45) is 0.639. The summed E-state index contributed by atoms with van der Waals surface area (Å²) in [6, 6.07) is 17.8. The second kappa shape index (κ2) is 11.8. The Labute approximate surface area is 177 Å². The first kappa shape index (κ1) is 23.1. The van der Waals surface area contributed by atoms with Crippen LogP contribution < -0.4 is 5.32 Å². The van der Waals surface area contributed by atoms with Crippen LogP contribution in [0.3, 0.4) is 0 Å². The molecule has 30 heavy (non-hydrogen) atoms. The maximum atomic E-state index is 12.2. The summed E-state index contributed by atoms with van der Waals surface area (Å²) in [5.41, 5.74) is 3.24. The second-order valence-electron chi connectivity index (χ2n) is 7.31. The van der Waals surface area contributed by atoms with Crippen molar-refractivity contribution in [3.05, 3.63) is 60.2 Å². The van der Waals surface area contributed by atoms with Crippen molar-refractivity contribution in [1.29, 1.82) is 0 Å². The third kappa shape index (κ3) is 7.70. The fraction of sp³-hybridized carbons (Fsp3) is 0.375. The van der Waals surface area contributed by atoms with Crippen LogP contribution in [0.1, 0.15) is 38.7 Å². The lowest BCUT2D eigenvalue weighted by atomic mass is 9.94. The first-order valence-electron chi connectivity index (χ1n) is 10.2. The lowest BCUT2D eigenvalue weighted by molar-refractivity contribution is -0.148. The molecule has 2 aromatic rings. The van der Waals surface area contributed by atoms with Gasteiger partial charge in [0.05, 0.1) is 18.9 Å². The molecule has 0 aliphatic rings. The summed E-state index contributed by atoms with van der Waals surface area (Å²) < 4.78 is 5.07. The van der Waals surface area contributed by atoms with Crippen LogP contribution in [0, 0.1) is 5.92 Å². The van der Waals surface area contributed by atoms with Crippen LogP contribution in [-0.2, 0) is 25.5 Å². The summed E-state index contributed by atoms with van der Waals surface area (Å²) in [5.74, 6) is -2.03. The molecule has 6 nitrogen and oxygen atoms in total. The Hall–Kier alpha value is -3.15. The van der Waals surface area contributed by atoms with Gasteiger partial charge >= 0.3 is 11.9 Å². The third-order valence-corrected chi connectivity index (χ3v) is 4.80. The van der Waals surface area contributed by atoms with Crippen LogP contribution in [0.4, 0.5) is 0 Å². The average Bonchev–Trinajstić information content (AvgIpc) is 2.73. The molecule has 0 heterocycles. The van der Waals surface area contributed by atoms with Crippen molar-refractivity contribution in [2.45, 2.75) is 45.6 Å². The molecule has 0 aliphatic carbocycles. The van der Waals surface area contributed by atoms with E-state index in [9.17, 15) is 14.4 Å². The molecule has 0 unspecified atom stereocenters. The number of rotatable bonds is 11. The van der Waals surface area contributed by atoms with Crippen LogP contribution in [0.25, 0.3) is 11.1 Å². The molecule has 0 saturated heterocycles. The molecular formula is C24H29NO5. The summed E-state index contributed by atoms with van der Waals surface area (Å²) >= 11 is 0. The number of carbonyl (C=O) groups excluding carboxylic acids is 2. The molecule has 0 aliphatic heterocycles. The van der Waals surface area contributed by atoms with E-state index in [0.717, 1.165) is 16.7 Å². The number of ether oxygens (including phenoxy) is 1. The van der Waals surface area contributed by atoms with E-state index >= 15 is 0 Å². The van der Waals surface area contributed by atoms with Gasteiger partial charge in [0.15, 0.2) is 0 Å². The topological polar surface area (TPSA) is 92.7 Å². The van der Waals surface area contributed by atoms with E-state index in [4.69, 9.17) is 9.84 Å². The van der Waals surface area contributed by atoms with Crippen LogP contribution in [0.5, 0.6) is 0 Å². The summed E-state index contributed by atoms with van der Waals surface area (Å²) in [5, 5.41) is 11.7. The number of nitrogens with one attached hydrogen (secondary N) is 1. The molecule has 2 N–H and O–H groups in total. The number of carboxylic acids is 1. The van der Waals surface area contributed by atoms with E-state index in [1.807, 2.05) is 54.6 Å². The maximum Gasteiger partial charge on any atom is 0.308 e. The Balaban J connectivity index is 2.07. The van der Waals surface area contributed by atoms with Crippen molar-refractivity contribution in [3.63, 3.8) is 0 Å². The van der Waals surface area contributed by atoms with Gasteiger partial charge in [0.2, 0.25) is 5.91 Å². The van der Waals surface area contributed by atoms with Crippen molar-refractivity contribution in [2.75, 3.05) is 6.61 Å². The predicted molar refractivity (Wildman–Crippen MR) is 115 cm³/mol. The molecule has 0 saturated carbocycles. The normalized spacial score (nSPS) is 12.6. The van der Waals surface area contributed by atoms with Crippen LogP contribution in [0.15, 0.2) is 54.6 Å². The third-order valence-electron chi connectivity index (χ3n) is 4.80. The smallest absolute Gasteiger partial charge is 0.308 e. The van der Waals surface area contributed by atoms with Gasteiger partial charge in [-0.3, -0.25) is 14.4 Å². The number of carboxylic acid groups (broad SMARTS) is 1. The van der Waals surface area contributed by atoms with Gasteiger partial charge in [0, 0.05) is 12.5 Å². The first-order chi connectivity index (χ1) is 14.4. The molecule has 0 fully saturated rings. The summed E-state index contributed by atoms with van der Waals surface area (Å²) in [6.45, 7) is 3.83. The largest absolute Gasteiger partial charge is 0.481 e. The van der Waals surface area contributed by atoms with Crippen molar-refractivity contribution in [2.24, 2.45) is 5.92 Å². The molecule has 2 aromatic carbocycles. The van der Waals surface area contributed by atoms with Gasteiger partial charge in [-0.25, -0.2) is 0 Å². The van der Waals surface area contributed by atoms with Gasteiger partial charge in [-0.15, -0.1) is 0 Å². The number of hydrogen-bond acceptors (Lipinski definition) is 4. The maximum absolute atomic E-state index is 12.2. The minimum atomic E-state index is -1.02. The quantitative estimate of drug-likeness (QED) is 0.548. The average molecular weight is 411 g/mol. The standard InChI is InChI=1S/C24H29NO5/c1-3-30-24(29)17(2)15-21(25-22(26)13-14-23(27)28)16-18-9-11-20(12-10-18)19-7-5-4-6-8-19/h4-12,17,21H,3,13-16H2,1-2H3,(H,25,26)(H,27,28)/t17-,21-/m1/s1. The highest BCUT2D eigenvalue weighted by Gasteiger charge is 2.22. The molecule has 0 bridgehead atoms. The van der Waals surface area contributed by atoms with E-state index in [2.05, 4.69) is 5.32 Å². The molecular weight excluding hydrogens is 382 g/mol. The van der Waals surface area contributed by atoms with Gasteiger partial charge in [-0.05, 0) is 36.5 Å². The number of amides is 1. The van der Waals surface area contributed by atoms with Crippen molar-refractivity contribution in [3.8, 4) is 11.1 Å². The molecule has 2 rings (SSSR count). The Morgan fingerprint density at radius 1 is 0.967 bits per heavy atom. The van der Waals surface area contributed by atoms with Gasteiger partial charge in [0.1, 0.15) is 0 Å². The zero-order valence-corrected chi connectivity index (χ0v) is 17.5. The minimum absolute atomic E-state index is 0.0907. The van der Waals surface area contributed by atoms with Gasteiger partial charge in [-0.1, -0.05) is 61.5 Å². The second-order valence-corrected chi connectivity index (χ2v) is 7.31. The van der Waals surface area contributed by atoms with Crippen LogP contribution >= 0.6 is 0 Å². The predicted octanol–water partition coefficient (Wildman–Crippen LogP) is 3.84. The highest BCUT2D eigenvalue weighted by Crippen LogP contribution is 2.21. The first-order valence-corrected chi connectivity index (χ1v) is 10.2. The van der Waals surface area contributed by atoms with E-state index in [1.165, 1.54) is 0 Å². The van der Waals surface area contributed by atoms with Gasteiger partial charge in [-0.2, -0.15) is 0 Å². The van der Waals surface area contributed by atoms with Crippen LogP contribution in [-0.4, -0.2) is 35.6 Å². The van der Waals surface area contributed by atoms with E-state index in [1.54, 1.807) is 13.8 Å². The summed E-state index contributed by atoms with van der Waals surface area (Å²) in [7, 11) is 0. The molecule has 6 heteroatoms. The van der Waals surface area contributed by atoms with Gasteiger partial charge in [0.25, 0.3) is 0 Å². The molecule has 1 amide bonds. The van der Waals surface area contributed by atoms with Crippen molar-refractivity contribution < 1.29 is 24.2 Å². The number of aliphatic carboxylic acids is 1. The van der Waals surface area contributed by atoms with Gasteiger partial charge < -0.3 is 15.2 Å². The summed E-state index contributed by atoms with van der Waals surface area (Å²) in [4.78, 5) is 34.9. The molecule has 0 spiro atoms. The van der Waals surface area contributed by atoms with Crippen LogP contribution in [0.2, 0.25) is 0 Å². The van der Waals surface area contributed by atoms with Crippen molar-refractivity contribution in [1.82, 2.24) is 5.32 Å². The number of carbonyl (C=O) groups is 3. The SMILES string of the molecule is CCOC(=O)[C@H](C)C[C@H](Cc1ccc(-c2ccccc2)cc1)NC(=O)CCC(=O)O. The zero-order valence-electron chi connectivity index (χ0n) is 17.5. The zero-order chi connectivity index (χ0) is 21.9. The Kier molecular flexibility index (Phi) is 9.06. The molecule has 0 radical (unpaired) electrons. The highest BCUT2D eigenvalue weighted by molar-refractivity contribution is 5.81. The Morgan fingerprint density at radius 2 is 1.60 bits per heavy atom. The number of benzene rings is 2. The molecule has 0 aromatic heterocycles. The molecule has 2 atom stereocenters. The lowest BCUT2D eigenvalue weighted by Gasteiger charge is -2.22. The minimum Gasteiger partial charge on any atom is -0.481 e.